The molecule has 96 valence electrons. The molecular weight excluding hydrogens is 244 g/mol. The molecule has 1 saturated heterocycles. The SMILES string of the molecule is CCS(=O)(=O)C1CSCCN1CC(C)NC. The van der Waals surface area contributed by atoms with Gasteiger partial charge >= 0.3 is 0 Å². The molecule has 1 fully saturated rings. The molecule has 0 amide bonds. The van der Waals surface area contributed by atoms with Gasteiger partial charge in [-0.15, -0.1) is 0 Å². The Morgan fingerprint density at radius 1 is 1.56 bits per heavy atom. The van der Waals surface area contributed by atoms with E-state index in [1.807, 2.05) is 7.05 Å². The van der Waals surface area contributed by atoms with Crippen molar-refractivity contribution in [1.29, 1.82) is 0 Å². The van der Waals surface area contributed by atoms with Crippen LogP contribution in [0.25, 0.3) is 0 Å². The Hall–Kier alpha value is 0.220. The van der Waals surface area contributed by atoms with Crippen molar-refractivity contribution in [3.05, 3.63) is 0 Å². The minimum Gasteiger partial charge on any atom is -0.316 e. The van der Waals surface area contributed by atoms with E-state index in [1.54, 1.807) is 18.7 Å². The van der Waals surface area contributed by atoms with E-state index in [0.717, 1.165) is 18.8 Å². The maximum Gasteiger partial charge on any atom is 0.166 e. The first kappa shape index (κ1) is 14.3. The van der Waals surface area contributed by atoms with Gasteiger partial charge < -0.3 is 5.32 Å². The number of sulfone groups is 1. The molecule has 1 aliphatic rings. The number of nitrogens with one attached hydrogen (secondary N) is 1. The quantitative estimate of drug-likeness (QED) is 0.781. The van der Waals surface area contributed by atoms with Crippen LogP contribution in [0.3, 0.4) is 0 Å². The third-order valence-electron chi connectivity index (χ3n) is 3.01. The first-order chi connectivity index (χ1) is 7.51. The molecule has 2 atom stereocenters. The second-order valence-electron chi connectivity index (χ2n) is 4.17. The number of hydrogen-bond donors (Lipinski definition) is 1. The zero-order valence-electron chi connectivity index (χ0n) is 10.3. The molecule has 0 saturated carbocycles. The number of rotatable bonds is 5. The Morgan fingerprint density at radius 3 is 2.81 bits per heavy atom. The van der Waals surface area contributed by atoms with Crippen LogP contribution < -0.4 is 5.32 Å². The third kappa shape index (κ3) is 3.61. The Bertz CT molecular complexity index is 306. The highest BCUT2D eigenvalue weighted by Crippen LogP contribution is 2.21. The van der Waals surface area contributed by atoms with Crippen LogP contribution in [0.1, 0.15) is 13.8 Å². The summed E-state index contributed by atoms with van der Waals surface area (Å²) in [6, 6.07) is 0.331. The number of nitrogens with zero attached hydrogens (tertiary/aromatic N) is 1. The van der Waals surface area contributed by atoms with Crippen molar-refractivity contribution in [1.82, 2.24) is 10.2 Å². The van der Waals surface area contributed by atoms with Crippen LogP contribution in [0.15, 0.2) is 0 Å². The van der Waals surface area contributed by atoms with Gasteiger partial charge in [-0.2, -0.15) is 11.8 Å². The molecule has 0 aliphatic carbocycles. The second-order valence-corrected chi connectivity index (χ2v) is 7.76. The van der Waals surface area contributed by atoms with Gasteiger partial charge in [-0.3, -0.25) is 4.90 Å². The molecule has 2 unspecified atom stereocenters. The van der Waals surface area contributed by atoms with Crippen LogP contribution in [0.4, 0.5) is 0 Å². The normalized spacial score (nSPS) is 25.6. The summed E-state index contributed by atoms with van der Waals surface area (Å²) in [6.07, 6.45) is 0. The molecule has 1 rings (SSSR count). The molecule has 0 bridgehead atoms. The van der Waals surface area contributed by atoms with E-state index in [-0.39, 0.29) is 11.1 Å². The lowest BCUT2D eigenvalue weighted by atomic mass is 10.3. The van der Waals surface area contributed by atoms with Crippen LogP contribution in [0.2, 0.25) is 0 Å². The lowest BCUT2D eigenvalue weighted by molar-refractivity contribution is 0.247. The Labute approximate surface area is 103 Å². The summed E-state index contributed by atoms with van der Waals surface area (Å²) in [7, 11) is -1.04. The van der Waals surface area contributed by atoms with Gasteiger partial charge in [0, 0.05) is 36.4 Å². The minimum atomic E-state index is -2.95. The number of likely N-dealkylation sites (N-methyl/N-ethyl adjacent to an activating group) is 1. The number of thioether (sulfide) groups is 1. The fourth-order valence-corrected chi connectivity index (χ4v) is 4.88. The van der Waals surface area contributed by atoms with E-state index in [9.17, 15) is 8.42 Å². The molecule has 0 aromatic rings. The van der Waals surface area contributed by atoms with E-state index in [4.69, 9.17) is 0 Å². The fraction of sp³-hybridized carbons (Fsp3) is 1.00. The van der Waals surface area contributed by atoms with Crippen LogP contribution in [0, 0.1) is 0 Å². The van der Waals surface area contributed by atoms with E-state index >= 15 is 0 Å². The van der Waals surface area contributed by atoms with Crippen LogP contribution in [-0.4, -0.2) is 62.1 Å². The summed E-state index contributed by atoms with van der Waals surface area (Å²) in [5, 5.41) is 2.87. The highest BCUT2D eigenvalue weighted by atomic mass is 32.2. The van der Waals surface area contributed by atoms with Gasteiger partial charge in [0.25, 0.3) is 0 Å². The molecular formula is C10H22N2O2S2. The van der Waals surface area contributed by atoms with E-state index in [0.29, 0.717) is 11.8 Å². The molecule has 0 aromatic carbocycles. The van der Waals surface area contributed by atoms with Crippen LogP contribution in [-0.2, 0) is 9.84 Å². The third-order valence-corrected chi connectivity index (χ3v) is 6.34. The standard InChI is InChI=1S/C10H22N2O2S2/c1-4-16(13,14)10-8-15-6-5-12(10)7-9(2)11-3/h9-11H,4-8H2,1-3H3. The van der Waals surface area contributed by atoms with Crippen molar-refractivity contribution >= 4 is 21.6 Å². The minimum absolute atomic E-state index is 0.239. The molecule has 0 aromatic heterocycles. The summed E-state index contributed by atoms with van der Waals surface area (Å²) < 4.78 is 23.9. The predicted octanol–water partition coefficient (Wildman–Crippen LogP) is 0.404. The number of hydrogen-bond acceptors (Lipinski definition) is 5. The molecule has 0 radical (unpaired) electrons. The lowest BCUT2D eigenvalue weighted by Crippen LogP contribution is -2.51. The molecule has 16 heavy (non-hydrogen) atoms. The van der Waals surface area contributed by atoms with Crippen molar-refractivity contribution in [3.63, 3.8) is 0 Å². The monoisotopic (exact) mass is 266 g/mol. The van der Waals surface area contributed by atoms with Crippen LogP contribution >= 0.6 is 11.8 Å². The van der Waals surface area contributed by atoms with Gasteiger partial charge in [-0.1, -0.05) is 6.92 Å². The maximum atomic E-state index is 12.0. The van der Waals surface area contributed by atoms with Gasteiger partial charge in [0.15, 0.2) is 9.84 Å². The summed E-state index contributed by atoms with van der Waals surface area (Å²) in [4.78, 5) is 2.11. The molecule has 1 heterocycles. The van der Waals surface area contributed by atoms with Crippen molar-refractivity contribution in [2.45, 2.75) is 25.3 Å². The largest absolute Gasteiger partial charge is 0.316 e. The summed E-state index contributed by atoms with van der Waals surface area (Å²) in [6.45, 7) is 5.49. The van der Waals surface area contributed by atoms with Crippen molar-refractivity contribution < 1.29 is 8.42 Å². The molecule has 6 heteroatoms. The second kappa shape index (κ2) is 6.23. The van der Waals surface area contributed by atoms with Crippen molar-refractivity contribution in [2.75, 3.05) is 37.4 Å². The van der Waals surface area contributed by atoms with Gasteiger partial charge in [0.2, 0.25) is 0 Å². The van der Waals surface area contributed by atoms with E-state index < -0.39 is 9.84 Å². The first-order valence-electron chi connectivity index (χ1n) is 5.72. The smallest absolute Gasteiger partial charge is 0.166 e. The zero-order valence-corrected chi connectivity index (χ0v) is 11.9. The van der Waals surface area contributed by atoms with E-state index in [2.05, 4.69) is 17.1 Å². The Morgan fingerprint density at radius 2 is 2.25 bits per heavy atom. The predicted molar refractivity (Wildman–Crippen MR) is 70.7 cm³/mol. The fourth-order valence-electron chi connectivity index (χ4n) is 1.79. The first-order valence-corrected chi connectivity index (χ1v) is 8.59. The van der Waals surface area contributed by atoms with Crippen molar-refractivity contribution in [2.24, 2.45) is 0 Å². The van der Waals surface area contributed by atoms with Gasteiger partial charge in [0.1, 0.15) is 5.37 Å². The average Bonchev–Trinajstić information content (AvgIpc) is 2.29. The maximum absolute atomic E-state index is 12.0. The molecule has 4 nitrogen and oxygen atoms in total. The lowest BCUT2D eigenvalue weighted by Gasteiger charge is -2.36. The van der Waals surface area contributed by atoms with Gasteiger partial charge in [-0.25, -0.2) is 8.42 Å². The summed E-state index contributed by atoms with van der Waals surface area (Å²) >= 11 is 1.74. The van der Waals surface area contributed by atoms with Gasteiger partial charge in [-0.05, 0) is 14.0 Å². The molecule has 1 aliphatic heterocycles. The topological polar surface area (TPSA) is 49.4 Å². The average molecular weight is 266 g/mol. The highest BCUT2D eigenvalue weighted by Gasteiger charge is 2.32. The molecule has 1 N–H and O–H groups in total. The van der Waals surface area contributed by atoms with Crippen molar-refractivity contribution in [3.8, 4) is 0 Å². The van der Waals surface area contributed by atoms with Gasteiger partial charge in [0.05, 0.1) is 0 Å². The molecule has 0 spiro atoms. The highest BCUT2D eigenvalue weighted by molar-refractivity contribution is 8.01. The Kier molecular flexibility index (Phi) is 5.56. The Balaban J connectivity index is 2.71. The van der Waals surface area contributed by atoms with Crippen LogP contribution in [0.5, 0.6) is 0 Å². The summed E-state index contributed by atoms with van der Waals surface area (Å²) in [5.41, 5.74) is 0. The van der Waals surface area contributed by atoms with E-state index in [1.165, 1.54) is 0 Å². The summed E-state index contributed by atoms with van der Waals surface area (Å²) in [5.74, 6) is 1.99. The zero-order chi connectivity index (χ0) is 12.2.